The summed E-state index contributed by atoms with van der Waals surface area (Å²) >= 11 is 0. The van der Waals surface area contributed by atoms with Gasteiger partial charge in [0.25, 0.3) is 0 Å². The quantitative estimate of drug-likeness (QED) is 0.180. The summed E-state index contributed by atoms with van der Waals surface area (Å²) in [5.74, 6) is -0.517. The highest BCUT2D eigenvalue weighted by Crippen LogP contribution is 2.08. The van der Waals surface area contributed by atoms with E-state index in [0.29, 0.717) is 6.42 Å². The summed E-state index contributed by atoms with van der Waals surface area (Å²) in [6.45, 7) is 6.32. The summed E-state index contributed by atoms with van der Waals surface area (Å²) in [5, 5.41) is 0. The number of carbonyl (C=O) groups is 2. The standard InChI is InChI=1S/C22H40O4/c1-4-6-7-8-9-10-11-12-13-14-15-16-17-21(23)25-18-19-26-22(24)20(3)5-2/h10-11,20H,4-9,12-19H2,1-3H3/b11-10-. The maximum Gasteiger partial charge on any atom is 0.308 e. The highest BCUT2D eigenvalue weighted by molar-refractivity contribution is 5.72. The van der Waals surface area contributed by atoms with Gasteiger partial charge in [0.2, 0.25) is 0 Å². The van der Waals surface area contributed by atoms with E-state index in [1.54, 1.807) is 0 Å². The van der Waals surface area contributed by atoms with Gasteiger partial charge < -0.3 is 9.47 Å². The van der Waals surface area contributed by atoms with Gasteiger partial charge >= 0.3 is 11.9 Å². The molecule has 0 aromatic rings. The second-order valence-corrected chi connectivity index (χ2v) is 6.97. The van der Waals surface area contributed by atoms with Crippen LogP contribution < -0.4 is 0 Å². The monoisotopic (exact) mass is 368 g/mol. The number of esters is 2. The molecule has 0 aliphatic rings. The lowest BCUT2D eigenvalue weighted by Gasteiger charge is -2.09. The highest BCUT2D eigenvalue weighted by Gasteiger charge is 2.11. The van der Waals surface area contributed by atoms with Crippen molar-refractivity contribution in [3.8, 4) is 0 Å². The maximum absolute atomic E-state index is 11.6. The Hall–Kier alpha value is -1.32. The molecule has 0 aromatic heterocycles. The first-order valence-corrected chi connectivity index (χ1v) is 10.6. The zero-order valence-corrected chi connectivity index (χ0v) is 17.3. The molecule has 0 N–H and O–H groups in total. The minimum absolute atomic E-state index is 0.0957. The molecule has 0 heterocycles. The van der Waals surface area contributed by atoms with Gasteiger partial charge in [-0.2, -0.15) is 0 Å². The fourth-order valence-electron chi connectivity index (χ4n) is 2.49. The smallest absolute Gasteiger partial charge is 0.308 e. The van der Waals surface area contributed by atoms with E-state index >= 15 is 0 Å². The van der Waals surface area contributed by atoms with Crippen molar-refractivity contribution in [1.29, 1.82) is 0 Å². The summed E-state index contributed by atoms with van der Waals surface area (Å²) in [6.07, 6.45) is 17.7. The lowest BCUT2D eigenvalue weighted by Crippen LogP contribution is -2.18. The van der Waals surface area contributed by atoms with Gasteiger partial charge in [0.1, 0.15) is 13.2 Å². The number of carbonyl (C=O) groups excluding carboxylic acids is 2. The lowest BCUT2D eigenvalue weighted by atomic mass is 10.1. The number of allylic oxidation sites excluding steroid dienone is 2. The number of hydrogen-bond acceptors (Lipinski definition) is 4. The lowest BCUT2D eigenvalue weighted by molar-refractivity contribution is -0.154. The Morgan fingerprint density at radius 3 is 2.00 bits per heavy atom. The van der Waals surface area contributed by atoms with Gasteiger partial charge in [-0.05, 0) is 38.5 Å². The Bertz CT molecular complexity index is 376. The van der Waals surface area contributed by atoms with E-state index in [1.807, 2.05) is 13.8 Å². The van der Waals surface area contributed by atoms with Gasteiger partial charge in [-0.3, -0.25) is 9.59 Å². The van der Waals surface area contributed by atoms with E-state index in [9.17, 15) is 9.59 Å². The predicted octanol–water partition coefficient (Wildman–Crippen LogP) is 5.99. The van der Waals surface area contributed by atoms with E-state index in [2.05, 4.69) is 19.1 Å². The summed E-state index contributed by atoms with van der Waals surface area (Å²) in [4.78, 5) is 23.0. The Morgan fingerprint density at radius 1 is 0.808 bits per heavy atom. The fraction of sp³-hybridized carbons (Fsp3) is 0.818. The molecule has 0 amide bonds. The molecular formula is C22H40O4. The molecule has 0 saturated heterocycles. The third kappa shape index (κ3) is 16.2. The first kappa shape index (κ1) is 24.7. The number of ether oxygens (including phenoxy) is 2. The maximum atomic E-state index is 11.6. The van der Waals surface area contributed by atoms with Crippen molar-refractivity contribution in [2.75, 3.05) is 13.2 Å². The van der Waals surface area contributed by atoms with Crippen molar-refractivity contribution in [3.05, 3.63) is 12.2 Å². The average molecular weight is 369 g/mol. The van der Waals surface area contributed by atoms with Gasteiger partial charge in [0.15, 0.2) is 0 Å². The summed E-state index contributed by atoms with van der Waals surface area (Å²) in [7, 11) is 0. The molecule has 0 radical (unpaired) electrons. The minimum Gasteiger partial charge on any atom is -0.462 e. The van der Waals surface area contributed by atoms with Gasteiger partial charge in [-0.25, -0.2) is 0 Å². The molecule has 152 valence electrons. The summed E-state index contributed by atoms with van der Waals surface area (Å²) < 4.78 is 10.1. The molecule has 0 aliphatic carbocycles. The van der Waals surface area contributed by atoms with Crippen molar-refractivity contribution in [1.82, 2.24) is 0 Å². The molecule has 0 rings (SSSR count). The first-order chi connectivity index (χ1) is 12.6. The van der Waals surface area contributed by atoms with E-state index in [4.69, 9.17) is 9.47 Å². The van der Waals surface area contributed by atoms with Crippen LogP contribution in [0.3, 0.4) is 0 Å². The van der Waals surface area contributed by atoms with Crippen molar-refractivity contribution in [2.45, 2.75) is 97.8 Å². The number of unbranched alkanes of at least 4 members (excludes halogenated alkanes) is 8. The Balaban J connectivity index is 3.36. The molecule has 26 heavy (non-hydrogen) atoms. The largest absolute Gasteiger partial charge is 0.462 e. The Morgan fingerprint density at radius 2 is 1.38 bits per heavy atom. The zero-order chi connectivity index (χ0) is 19.5. The molecule has 0 fully saturated rings. The third-order valence-corrected chi connectivity index (χ3v) is 4.50. The van der Waals surface area contributed by atoms with Crippen molar-refractivity contribution >= 4 is 11.9 Å². The average Bonchev–Trinajstić information content (AvgIpc) is 2.65. The van der Waals surface area contributed by atoms with Crippen LogP contribution in [0.1, 0.15) is 97.8 Å². The molecular weight excluding hydrogens is 328 g/mol. The molecule has 0 saturated carbocycles. The van der Waals surface area contributed by atoms with E-state index in [0.717, 1.165) is 32.1 Å². The molecule has 4 heteroatoms. The zero-order valence-electron chi connectivity index (χ0n) is 17.3. The minimum atomic E-state index is -0.224. The van der Waals surface area contributed by atoms with E-state index in [-0.39, 0.29) is 31.1 Å². The summed E-state index contributed by atoms with van der Waals surface area (Å²) in [5.41, 5.74) is 0. The molecule has 1 atom stereocenters. The van der Waals surface area contributed by atoms with Crippen LogP contribution in [0.4, 0.5) is 0 Å². The first-order valence-electron chi connectivity index (χ1n) is 10.6. The van der Waals surface area contributed by atoms with Gasteiger partial charge in [0.05, 0.1) is 5.92 Å². The van der Waals surface area contributed by atoms with E-state index in [1.165, 1.54) is 38.5 Å². The molecule has 0 spiro atoms. The van der Waals surface area contributed by atoms with Crippen molar-refractivity contribution in [3.63, 3.8) is 0 Å². The normalized spacial score (nSPS) is 12.3. The number of rotatable bonds is 17. The van der Waals surface area contributed by atoms with Crippen LogP contribution >= 0.6 is 0 Å². The van der Waals surface area contributed by atoms with Crippen LogP contribution in [0.5, 0.6) is 0 Å². The van der Waals surface area contributed by atoms with Gasteiger partial charge in [0, 0.05) is 6.42 Å². The number of hydrogen-bond donors (Lipinski definition) is 0. The fourth-order valence-corrected chi connectivity index (χ4v) is 2.49. The second-order valence-electron chi connectivity index (χ2n) is 6.97. The highest BCUT2D eigenvalue weighted by atomic mass is 16.6. The molecule has 0 aliphatic heterocycles. The van der Waals surface area contributed by atoms with Crippen LogP contribution in [0, 0.1) is 5.92 Å². The van der Waals surface area contributed by atoms with E-state index < -0.39 is 0 Å². The third-order valence-electron chi connectivity index (χ3n) is 4.50. The predicted molar refractivity (Wildman–Crippen MR) is 107 cm³/mol. The summed E-state index contributed by atoms with van der Waals surface area (Å²) in [6, 6.07) is 0. The molecule has 1 unspecified atom stereocenters. The van der Waals surface area contributed by atoms with Crippen LogP contribution in [0.25, 0.3) is 0 Å². The van der Waals surface area contributed by atoms with Gasteiger partial charge in [-0.1, -0.05) is 65.0 Å². The van der Waals surface area contributed by atoms with Crippen molar-refractivity contribution in [2.24, 2.45) is 5.92 Å². The van der Waals surface area contributed by atoms with Gasteiger partial charge in [-0.15, -0.1) is 0 Å². The molecule has 0 bridgehead atoms. The second kappa shape index (κ2) is 18.5. The Labute approximate surface area is 160 Å². The van der Waals surface area contributed by atoms with Crippen LogP contribution in [-0.2, 0) is 19.1 Å². The topological polar surface area (TPSA) is 52.6 Å². The van der Waals surface area contributed by atoms with Crippen molar-refractivity contribution < 1.29 is 19.1 Å². The van der Waals surface area contributed by atoms with Crippen LogP contribution in [-0.4, -0.2) is 25.2 Å². The Kier molecular flexibility index (Phi) is 17.5. The van der Waals surface area contributed by atoms with Crippen LogP contribution in [0.15, 0.2) is 12.2 Å². The SMILES string of the molecule is CCCCCC/C=C\CCCCCCC(=O)OCCOC(=O)C(C)CC. The van der Waals surface area contributed by atoms with Crippen LogP contribution in [0.2, 0.25) is 0 Å². The molecule has 4 nitrogen and oxygen atoms in total. The molecule has 0 aromatic carbocycles.